The van der Waals surface area contributed by atoms with E-state index in [1.54, 1.807) is 0 Å². The first-order valence-electron chi connectivity index (χ1n) is 5.82. The minimum Gasteiger partial charge on any atom is -0.481 e. The number of carboxylic acid groups (broad SMARTS) is 2. The van der Waals surface area contributed by atoms with Gasteiger partial charge < -0.3 is 10.2 Å². The molecule has 0 aromatic rings. The number of aliphatic carboxylic acids is 2. The fourth-order valence-corrected chi connectivity index (χ4v) is 3.19. The number of nitrogens with zero attached hydrogens (tertiary/aromatic N) is 1. The minimum atomic E-state index is -5.38. The summed E-state index contributed by atoms with van der Waals surface area (Å²) in [6.45, 7) is 0. The molecule has 0 aromatic carbocycles. The molecule has 118 valence electrons. The van der Waals surface area contributed by atoms with Crippen molar-refractivity contribution in [3.05, 3.63) is 0 Å². The maximum absolute atomic E-state index is 11.6. The average molecular weight is 323 g/mol. The summed E-state index contributed by atoms with van der Waals surface area (Å²) in [6, 6.07) is 0. The number of imide groups is 1. The highest BCUT2D eigenvalue weighted by atomic mass is 32.2. The Hall–Kier alpha value is -2.01. The van der Waals surface area contributed by atoms with Gasteiger partial charge in [-0.15, -0.1) is 0 Å². The highest BCUT2D eigenvalue weighted by Gasteiger charge is 2.60. The fourth-order valence-electron chi connectivity index (χ4n) is 2.13. The number of likely N-dealkylation sites (tertiary alicyclic amines) is 1. The van der Waals surface area contributed by atoms with Gasteiger partial charge in [0.05, 0.1) is 0 Å². The Morgan fingerprint density at radius 1 is 1.14 bits per heavy atom. The molecular formula is C10H13NO9S. The molecule has 21 heavy (non-hydrogen) atoms. The minimum absolute atomic E-state index is 0.00647. The lowest BCUT2D eigenvalue weighted by molar-refractivity contribution is -0.158. The molecule has 1 atom stereocenters. The third kappa shape index (κ3) is 3.03. The van der Waals surface area contributed by atoms with Gasteiger partial charge in [0.2, 0.25) is 11.8 Å². The van der Waals surface area contributed by atoms with Crippen LogP contribution in [0.5, 0.6) is 0 Å². The van der Waals surface area contributed by atoms with Gasteiger partial charge in [-0.25, -0.2) is 9.69 Å². The molecule has 0 radical (unpaired) electrons. The van der Waals surface area contributed by atoms with Crippen LogP contribution in [0.4, 0.5) is 0 Å². The second-order valence-electron chi connectivity index (χ2n) is 4.43. The summed E-state index contributed by atoms with van der Waals surface area (Å²) in [5, 5.41) is 17.7. The molecule has 1 unspecified atom stereocenters. The molecule has 1 fully saturated rings. The van der Waals surface area contributed by atoms with Gasteiger partial charge in [-0.2, -0.15) is 8.42 Å². The molecule has 11 heteroatoms. The lowest BCUT2D eigenvalue weighted by Gasteiger charge is -2.33. The Morgan fingerprint density at radius 3 is 1.95 bits per heavy atom. The summed E-state index contributed by atoms with van der Waals surface area (Å²) in [4.78, 5) is 41.9. The van der Waals surface area contributed by atoms with Crippen LogP contribution in [0.2, 0.25) is 0 Å². The largest absolute Gasteiger partial charge is 0.481 e. The van der Waals surface area contributed by atoms with E-state index in [2.05, 4.69) is 0 Å². The zero-order valence-electron chi connectivity index (χ0n) is 10.7. The van der Waals surface area contributed by atoms with Crippen molar-refractivity contribution in [2.75, 3.05) is 0 Å². The van der Waals surface area contributed by atoms with E-state index < -0.39 is 58.0 Å². The SMILES string of the molecule is O=C(O)CCCC(C(=O)O)(N1C(=O)CCC1=O)S(=O)(=O)O. The molecule has 0 saturated carbocycles. The van der Waals surface area contributed by atoms with Crippen LogP contribution in [-0.2, 0) is 29.3 Å². The third-order valence-electron chi connectivity index (χ3n) is 3.08. The second-order valence-corrected chi connectivity index (χ2v) is 6.06. The van der Waals surface area contributed by atoms with Crippen LogP contribution in [0, 0.1) is 0 Å². The molecule has 1 saturated heterocycles. The Labute approximate surface area is 119 Å². The molecule has 1 aliphatic heterocycles. The number of rotatable bonds is 7. The molecule has 0 spiro atoms. The Morgan fingerprint density at radius 2 is 1.62 bits per heavy atom. The molecule has 3 N–H and O–H groups in total. The molecule has 2 amide bonds. The Bertz CT molecular complexity index is 580. The Balaban J connectivity index is 3.32. The summed E-state index contributed by atoms with van der Waals surface area (Å²) >= 11 is 0. The predicted octanol–water partition coefficient (Wildman–Crippen LogP) is -0.941. The highest BCUT2D eigenvalue weighted by Crippen LogP contribution is 2.33. The van der Waals surface area contributed by atoms with Crippen molar-refractivity contribution in [2.24, 2.45) is 0 Å². The normalized spacial score (nSPS) is 18.6. The van der Waals surface area contributed by atoms with Crippen LogP contribution in [-0.4, -0.2) is 56.7 Å². The molecular weight excluding hydrogens is 310 g/mol. The summed E-state index contributed by atoms with van der Waals surface area (Å²) in [5.74, 6) is -5.52. The summed E-state index contributed by atoms with van der Waals surface area (Å²) in [7, 11) is -5.38. The smallest absolute Gasteiger partial charge is 0.348 e. The van der Waals surface area contributed by atoms with Crippen LogP contribution >= 0.6 is 0 Å². The van der Waals surface area contributed by atoms with E-state index in [-0.39, 0.29) is 17.7 Å². The van der Waals surface area contributed by atoms with Gasteiger partial charge in [0.25, 0.3) is 4.87 Å². The van der Waals surface area contributed by atoms with Gasteiger partial charge in [0.15, 0.2) is 0 Å². The number of hydrogen-bond acceptors (Lipinski definition) is 6. The highest BCUT2D eigenvalue weighted by molar-refractivity contribution is 7.88. The zero-order valence-corrected chi connectivity index (χ0v) is 11.5. The number of amides is 2. The van der Waals surface area contributed by atoms with Crippen molar-refractivity contribution < 1.29 is 42.4 Å². The van der Waals surface area contributed by atoms with Crippen molar-refractivity contribution in [3.63, 3.8) is 0 Å². The number of hydrogen-bond donors (Lipinski definition) is 3. The molecule has 1 aliphatic rings. The number of carboxylic acids is 2. The van der Waals surface area contributed by atoms with Crippen LogP contribution in [0.25, 0.3) is 0 Å². The van der Waals surface area contributed by atoms with Gasteiger partial charge in [-0.3, -0.25) is 18.9 Å². The van der Waals surface area contributed by atoms with Crippen molar-refractivity contribution in [3.8, 4) is 0 Å². The first kappa shape index (κ1) is 17.0. The third-order valence-corrected chi connectivity index (χ3v) is 4.49. The lowest BCUT2D eigenvalue weighted by atomic mass is 10.1. The van der Waals surface area contributed by atoms with Gasteiger partial charge in [-0.05, 0) is 12.8 Å². The zero-order chi connectivity index (χ0) is 16.4. The summed E-state index contributed by atoms with van der Waals surface area (Å²) < 4.78 is 32.3. The number of carbonyl (C=O) groups is 4. The standard InChI is InChI=1S/C10H13NO9S/c12-6-3-4-7(13)11(6)10(9(16)17,21(18,19)20)5-1-2-8(14)15/h1-5H2,(H,14,15)(H,16,17)(H,18,19,20). The van der Waals surface area contributed by atoms with E-state index in [0.29, 0.717) is 0 Å². The van der Waals surface area contributed by atoms with Crippen molar-refractivity contribution >= 4 is 33.9 Å². The van der Waals surface area contributed by atoms with Crippen LogP contribution in [0.3, 0.4) is 0 Å². The monoisotopic (exact) mass is 323 g/mol. The lowest BCUT2D eigenvalue weighted by Crippen LogP contribution is -2.61. The van der Waals surface area contributed by atoms with E-state index in [0.717, 1.165) is 0 Å². The molecule has 0 bridgehead atoms. The van der Waals surface area contributed by atoms with Gasteiger partial charge in [0.1, 0.15) is 0 Å². The van der Waals surface area contributed by atoms with Crippen molar-refractivity contribution in [1.29, 1.82) is 0 Å². The van der Waals surface area contributed by atoms with E-state index in [9.17, 15) is 37.3 Å². The molecule has 0 aliphatic carbocycles. The van der Waals surface area contributed by atoms with Gasteiger partial charge in [-0.1, -0.05) is 0 Å². The maximum Gasteiger partial charge on any atom is 0.348 e. The van der Waals surface area contributed by atoms with Gasteiger partial charge >= 0.3 is 22.1 Å². The molecule has 1 rings (SSSR count). The molecule has 1 heterocycles. The molecule has 0 aromatic heterocycles. The average Bonchev–Trinajstić information content (AvgIpc) is 2.63. The summed E-state index contributed by atoms with van der Waals surface area (Å²) in [5.41, 5.74) is 0. The summed E-state index contributed by atoms with van der Waals surface area (Å²) in [6.07, 6.45) is -2.70. The van der Waals surface area contributed by atoms with Crippen molar-refractivity contribution in [2.45, 2.75) is 37.0 Å². The fraction of sp³-hybridized carbons (Fsp3) is 0.600. The number of carbonyl (C=O) groups excluding carboxylic acids is 2. The van der Waals surface area contributed by atoms with Gasteiger partial charge in [0, 0.05) is 19.3 Å². The van der Waals surface area contributed by atoms with Crippen LogP contribution < -0.4 is 0 Å². The molecule has 10 nitrogen and oxygen atoms in total. The van der Waals surface area contributed by atoms with Crippen LogP contribution in [0.15, 0.2) is 0 Å². The van der Waals surface area contributed by atoms with E-state index in [1.165, 1.54) is 0 Å². The van der Waals surface area contributed by atoms with Crippen LogP contribution in [0.1, 0.15) is 32.1 Å². The van der Waals surface area contributed by atoms with Crippen molar-refractivity contribution in [1.82, 2.24) is 4.90 Å². The first-order chi connectivity index (χ1) is 9.54. The quantitative estimate of drug-likeness (QED) is 0.395. The second kappa shape index (κ2) is 5.77. The Kier molecular flexibility index (Phi) is 4.69. The van der Waals surface area contributed by atoms with E-state index in [4.69, 9.17) is 5.11 Å². The van der Waals surface area contributed by atoms with E-state index >= 15 is 0 Å². The first-order valence-corrected chi connectivity index (χ1v) is 7.26. The topological polar surface area (TPSA) is 166 Å². The van der Waals surface area contributed by atoms with E-state index in [1.807, 2.05) is 0 Å². The predicted molar refractivity (Wildman–Crippen MR) is 64.5 cm³/mol. The maximum atomic E-state index is 11.6.